The standard InChI is InChI=1S/C14H19NO6S/c1-5-20-13(17)10-8(2)11(14(18)21-7-6-19-4)22-12(10)15-9(3)16/h5-7H2,1-4H3,(H,15,16). The van der Waals surface area contributed by atoms with Crippen LogP contribution < -0.4 is 5.32 Å². The molecule has 0 spiro atoms. The molecule has 22 heavy (non-hydrogen) atoms. The van der Waals surface area contributed by atoms with Gasteiger partial charge in [0.25, 0.3) is 0 Å². The zero-order chi connectivity index (χ0) is 16.7. The van der Waals surface area contributed by atoms with Gasteiger partial charge in [-0.25, -0.2) is 9.59 Å². The highest BCUT2D eigenvalue weighted by Gasteiger charge is 2.26. The number of methoxy groups -OCH3 is 1. The van der Waals surface area contributed by atoms with Gasteiger partial charge in [-0.15, -0.1) is 11.3 Å². The molecule has 0 saturated carbocycles. The molecule has 1 aromatic rings. The molecule has 0 aliphatic rings. The first-order chi connectivity index (χ1) is 10.4. The summed E-state index contributed by atoms with van der Waals surface area (Å²) in [5, 5.41) is 2.82. The molecule has 0 unspecified atom stereocenters. The van der Waals surface area contributed by atoms with Gasteiger partial charge in [0, 0.05) is 14.0 Å². The molecular formula is C14H19NO6S. The summed E-state index contributed by atoms with van der Waals surface area (Å²) < 4.78 is 14.8. The lowest BCUT2D eigenvalue weighted by Crippen LogP contribution is -2.12. The minimum atomic E-state index is -0.587. The number of amides is 1. The van der Waals surface area contributed by atoms with Gasteiger partial charge in [-0.3, -0.25) is 4.79 Å². The van der Waals surface area contributed by atoms with E-state index in [1.807, 2.05) is 0 Å². The summed E-state index contributed by atoms with van der Waals surface area (Å²) in [4.78, 5) is 35.6. The lowest BCUT2D eigenvalue weighted by molar-refractivity contribution is -0.114. The highest BCUT2D eigenvalue weighted by atomic mass is 32.1. The van der Waals surface area contributed by atoms with Crippen LogP contribution in [0, 0.1) is 6.92 Å². The summed E-state index contributed by atoms with van der Waals surface area (Å²) in [6, 6.07) is 0. The van der Waals surface area contributed by atoms with Gasteiger partial charge in [-0.05, 0) is 19.4 Å². The molecule has 1 rings (SSSR count). The van der Waals surface area contributed by atoms with Crippen LogP contribution in [0.15, 0.2) is 0 Å². The number of rotatable bonds is 7. The van der Waals surface area contributed by atoms with E-state index >= 15 is 0 Å². The third-order valence-electron chi connectivity index (χ3n) is 2.62. The quantitative estimate of drug-likeness (QED) is 0.608. The Kier molecular flexibility index (Phi) is 7.00. The van der Waals surface area contributed by atoms with Gasteiger partial charge in [0.2, 0.25) is 5.91 Å². The first kappa shape index (κ1) is 18.1. The van der Waals surface area contributed by atoms with E-state index in [4.69, 9.17) is 14.2 Å². The van der Waals surface area contributed by atoms with Crippen LogP contribution >= 0.6 is 11.3 Å². The largest absolute Gasteiger partial charge is 0.462 e. The number of ether oxygens (including phenoxy) is 3. The SMILES string of the molecule is CCOC(=O)c1c(NC(C)=O)sc(C(=O)OCCOC)c1C. The Balaban J connectivity index is 3.11. The summed E-state index contributed by atoms with van der Waals surface area (Å²) in [5.41, 5.74) is 0.607. The van der Waals surface area contributed by atoms with E-state index in [0.29, 0.717) is 5.56 Å². The maximum absolute atomic E-state index is 12.0. The number of nitrogens with one attached hydrogen (secondary N) is 1. The van der Waals surface area contributed by atoms with Gasteiger partial charge in [0.15, 0.2) is 0 Å². The third-order valence-corrected chi connectivity index (χ3v) is 3.81. The van der Waals surface area contributed by atoms with Crippen molar-refractivity contribution in [2.24, 2.45) is 0 Å². The number of carbonyl (C=O) groups excluding carboxylic acids is 3. The molecule has 0 radical (unpaired) electrons. The van der Waals surface area contributed by atoms with E-state index in [1.54, 1.807) is 13.8 Å². The first-order valence-corrected chi connectivity index (χ1v) is 7.48. The predicted molar refractivity (Wildman–Crippen MR) is 81.5 cm³/mol. The first-order valence-electron chi connectivity index (χ1n) is 6.66. The van der Waals surface area contributed by atoms with Crippen LogP contribution in [0.5, 0.6) is 0 Å². The average molecular weight is 329 g/mol. The van der Waals surface area contributed by atoms with E-state index in [0.717, 1.165) is 11.3 Å². The Morgan fingerprint density at radius 3 is 2.36 bits per heavy atom. The van der Waals surface area contributed by atoms with Gasteiger partial charge in [-0.1, -0.05) is 0 Å². The van der Waals surface area contributed by atoms with Crippen molar-refractivity contribution in [3.05, 3.63) is 16.0 Å². The van der Waals surface area contributed by atoms with Crippen molar-refractivity contribution >= 4 is 34.2 Å². The molecule has 0 saturated heterocycles. The highest BCUT2D eigenvalue weighted by molar-refractivity contribution is 7.18. The van der Waals surface area contributed by atoms with Gasteiger partial charge in [-0.2, -0.15) is 0 Å². The summed E-state index contributed by atoms with van der Waals surface area (Å²) in [5.74, 6) is -1.50. The van der Waals surface area contributed by atoms with E-state index in [-0.39, 0.29) is 41.2 Å². The lowest BCUT2D eigenvalue weighted by atomic mass is 10.1. The molecule has 1 amide bonds. The van der Waals surface area contributed by atoms with Crippen LogP contribution in [-0.4, -0.2) is 44.8 Å². The van der Waals surface area contributed by atoms with Crippen molar-refractivity contribution < 1.29 is 28.6 Å². The fourth-order valence-corrected chi connectivity index (χ4v) is 2.82. The van der Waals surface area contributed by atoms with Crippen molar-refractivity contribution in [2.45, 2.75) is 20.8 Å². The fraction of sp³-hybridized carbons (Fsp3) is 0.500. The minimum Gasteiger partial charge on any atom is -0.462 e. The Morgan fingerprint density at radius 1 is 1.14 bits per heavy atom. The molecule has 1 aromatic heterocycles. The summed E-state index contributed by atoms with van der Waals surface area (Å²) in [7, 11) is 1.50. The average Bonchev–Trinajstić information content (AvgIpc) is 2.75. The molecular weight excluding hydrogens is 310 g/mol. The van der Waals surface area contributed by atoms with E-state index in [1.165, 1.54) is 14.0 Å². The number of hydrogen-bond acceptors (Lipinski definition) is 7. The number of hydrogen-bond donors (Lipinski definition) is 1. The zero-order valence-electron chi connectivity index (χ0n) is 13.0. The van der Waals surface area contributed by atoms with Crippen molar-refractivity contribution in [3.63, 3.8) is 0 Å². The molecule has 1 N–H and O–H groups in total. The highest BCUT2D eigenvalue weighted by Crippen LogP contribution is 2.34. The molecule has 0 aromatic carbocycles. The molecule has 122 valence electrons. The molecule has 1 heterocycles. The molecule has 8 heteroatoms. The molecule has 0 aliphatic carbocycles. The fourth-order valence-electron chi connectivity index (χ4n) is 1.69. The van der Waals surface area contributed by atoms with Crippen molar-refractivity contribution in [1.29, 1.82) is 0 Å². The molecule has 7 nitrogen and oxygen atoms in total. The predicted octanol–water partition coefficient (Wildman–Crippen LogP) is 1.99. The van der Waals surface area contributed by atoms with Crippen molar-refractivity contribution in [1.82, 2.24) is 0 Å². The minimum absolute atomic E-state index is 0.108. The van der Waals surface area contributed by atoms with E-state index < -0.39 is 11.9 Å². The number of anilines is 1. The van der Waals surface area contributed by atoms with Gasteiger partial charge in [0.05, 0.1) is 18.8 Å². The molecule has 0 bridgehead atoms. The zero-order valence-corrected chi connectivity index (χ0v) is 13.8. The van der Waals surface area contributed by atoms with Gasteiger partial charge in [0.1, 0.15) is 16.5 Å². The third kappa shape index (κ3) is 4.54. The number of carbonyl (C=O) groups is 3. The molecule has 0 atom stereocenters. The second-order valence-electron chi connectivity index (χ2n) is 4.29. The smallest absolute Gasteiger partial charge is 0.348 e. The Morgan fingerprint density at radius 2 is 1.82 bits per heavy atom. The Labute approximate surface area is 132 Å². The maximum Gasteiger partial charge on any atom is 0.348 e. The number of esters is 2. The Hall–Kier alpha value is -1.93. The normalized spacial score (nSPS) is 10.2. The Bertz CT molecular complexity index is 566. The monoisotopic (exact) mass is 329 g/mol. The van der Waals surface area contributed by atoms with Crippen LogP contribution in [0.3, 0.4) is 0 Å². The second-order valence-corrected chi connectivity index (χ2v) is 5.31. The number of thiophene rings is 1. The van der Waals surface area contributed by atoms with Crippen molar-refractivity contribution in [3.8, 4) is 0 Å². The summed E-state index contributed by atoms with van der Waals surface area (Å²) in [6.45, 7) is 5.19. The van der Waals surface area contributed by atoms with Crippen molar-refractivity contribution in [2.75, 3.05) is 32.2 Å². The second kappa shape index (κ2) is 8.50. The van der Waals surface area contributed by atoms with Crippen LogP contribution in [0.4, 0.5) is 5.00 Å². The van der Waals surface area contributed by atoms with Crippen LogP contribution in [0.2, 0.25) is 0 Å². The van der Waals surface area contributed by atoms with Crippen LogP contribution in [0.25, 0.3) is 0 Å². The van der Waals surface area contributed by atoms with Crippen LogP contribution in [0.1, 0.15) is 39.4 Å². The molecule has 0 aliphatic heterocycles. The molecule has 0 fully saturated rings. The summed E-state index contributed by atoms with van der Waals surface area (Å²) >= 11 is 0.987. The summed E-state index contributed by atoms with van der Waals surface area (Å²) in [6.07, 6.45) is 0. The van der Waals surface area contributed by atoms with Crippen LogP contribution in [-0.2, 0) is 19.0 Å². The van der Waals surface area contributed by atoms with Gasteiger partial charge < -0.3 is 19.5 Å². The topological polar surface area (TPSA) is 90.9 Å². The lowest BCUT2D eigenvalue weighted by Gasteiger charge is -2.05. The van der Waals surface area contributed by atoms with E-state index in [2.05, 4.69) is 5.32 Å². The van der Waals surface area contributed by atoms with Gasteiger partial charge >= 0.3 is 11.9 Å². The van der Waals surface area contributed by atoms with E-state index in [9.17, 15) is 14.4 Å². The maximum atomic E-state index is 12.0.